The number of hydrogen-bond acceptors (Lipinski definition) is 2. The van der Waals surface area contributed by atoms with Gasteiger partial charge in [-0.15, -0.1) is 0 Å². The third kappa shape index (κ3) is 4.04. The molecule has 2 atom stereocenters. The van der Waals surface area contributed by atoms with Crippen LogP contribution in [0, 0.1) is 5.82 Å². The zero-order valence-corrected chi connectivity index (χ0v) is 15.5. The third-order valence-electron chi connectivity index (χ3n) is 5.19. The molecule has 3 aromatic rings. The van der Waals surface area contributed by atoms with Crippen molar-refractivity contribution < 1.29 is 9.13 Å². The standard InChI is InChI=1S/C24H24FNO/c1-17(11-12-18-7-3-2-4-8-18)26-24-21-10-6-5-9-19(21)16-27-23-14-13-20(25)15-22(23)24/h2-10,13-15,17,24,26H,11-12,16H2,1H3. The average molecular weight is 361 g/mol. The van der Waals surface area contributed by atoms with Gasteiger partial charge in [0, 0.05) is 11.6 Å². The largest absolute Gasteiger partial charge is 0.489 e. The second kappa shape index (κ2) is 7.93. The van der Waals surface area contributed by atoms with Crippen molar-refractivity contribution in [3.05, 3.63) is 101 Å². The van der Waals surface area contributed by atoms with Gasteiger partial charge in [0.25, 0.3) is 0 Å². The van der Waals surface area contributed by atoms with Crippen LogP contribution in [-0.2, 0) is 13.0 Å². The summed E-state index contributed by atoms with van der Waals surface area (Å²) in [5.74, 6) is 0.515. The first-order chi connectivity index (χ1) is 13.2. The zero-order chi connectivity index (χ0) is 18.6. The molecule has 0 amide bonds. The highest BCUT2D eigenvalue weighted by Crippen LogP contribution is 2.36. The summed E-state index contributed by atoms with van der Waals surface area (Å²) >= 11 is 0. The Bertz CT molecular complexity index is 909. The van der Waals surface area contributed by atoms with Crippen molar-refractivity contribution in [2.24, 2.45) is 0 Å². The predicted molar refractivity (Wildman–Crippen MR) is 106 cm³/mol. The Morgan fingerprint density at radius 1 is 1.00 bits per heavy atom. The highest BCUT2D eigenvalue weighted by atomic mass is 19.1. The third-order valence-corrected chi connectivity index (χ3v) is 5.19. The van der Waals surface area contributed by atoms with E-state index in [1.807, 2.05) is 18.2 Å². The molecule has 138 valence electrons. The molecular weight excluding hydrogens is 337 g/mol. The summed E-state index contributed by atoms with van der Waals surface area (Å²) in [5.41, 5.74) is 4.50. The van der Waals surface area contributed by atoms with E-state index in [4.69, 9.17) is 4.74 Å². The Kier molecular flexibility index (Phi) is 5.21. The molecule has 3 heteroatoms. The summed E-state index contributed by atoms with van der Waals surface area (Å²) < 4.78 is 20.0. The first-order valence-corrected chi connectivity index (χ1v) is 9.51. The van der Waals surface area contributed by atoms with Crippen LogP contribution in [0.2, 0.25) is 0 Å². The molecular formula is C24H24FNO. The summed E-state index contributed by atoms with van der Waals surface area (Å²) in [6.07, 6.45) is 2.02. The summed E-state index contributed by atoms with van der Waals surface area (Å²) in [6, 6.07) is 23.7. The molecule has 27 heavy (non-hydrogen) atoms. The molecule has 0 fully saturated rings. The lowest BCUT2D eigenvalue weighted by Crippen LogP contribution is -2.32. The van der Waals surface area contributed by atoms with E-state index in [1.54, 1.807) is 12.1 Å². The number of nitrogens with one attached hydrogen (secondary N) is 1. The normalized spacial score (nSPS) is 16.6. The fourth-order valence-corrected chi connectivity index (χ4v) is 3.72. The van der Waals surface area contributed by atoms with E-state index < -0.39 is 0 Å². The van der Waals surface area contributed by atoms with Crippen molar-refractivity contribution in [2.45, 2.75) is 38.5 Å². The van der Waals surface area contributed by atoms with E-state index in [2.05, 4.69) is 48.6 Å². The van der Waals surface area contributed by atoms with Crippen LogP contribution in [0.25, 0.3) is 0 Å². The molecule has 3 aromatic carbocycles. The number of benzene rings is 3. The van der Waals surface area contributed by atoms with Crippen LogP contribution in [0.4, 0.5) is 4.39 Å². The minimum Gasteiger partial charge on any atom is -0.489 e. The number of rotatable bonds is 5. The van der Waals surface area contributed by atoms with Gasteiger partial charge >= 0.3 is 0 Å². The Morgan fingerprint density at radius 2 is 1.78 bits per heavy atom. The van der Waals surface area contributed by atoms with Crippen molar-refractivity contribution in [2.75, 3.05) is 0 Å². The molecule has 4 rings (SSSR count). The molecule has 0 bridgehead atoms. The first-order valence-electron chi connectivity index (χ1n) is 9.51. The van der Waals surface area contributed by atoms with Gasteiger partial charge in [-0.2, -0.15) is 0 Å². The summed E-state index contributed by atoms with van der Waals surface area (Å²) in [7, 11) is 0. The smallest absolute Gasteiger partial charge is 0.125 e. The van der Waals surface area contributed by atoms with Gasteiger partial charge in [0.15, 0.2) is 0 Å². The van der Waals surface area contributed by atoms with Crippen molar-refractivity contribution >= 4 is 0 Å². The Labute approximate surface area is 160 Å². The van der Waals surface area contributed by atoms with Crippen LogP contribution in [0.15, 0.2) is 72.8 Å². The number of halogens is 1. The van der Waals surface area contributed by atoms with E-state index in [9.17, 15) is 4.39 Å². The molecule has 1 heterocycles. The Hall–Kier alpha value is -2.65. The molecule has 0 aromatic heterocycles. The summed E-state index contributed by atoms with van der Waals surface area (Å²) in [5, 5.41) is 3.72. The molecule has 0 radical (unpaired) electrons. The molecule has 0 saturated heterocycles. The topological polar surface area (TPSA) is 21.3 Å². The lowest BCUT2D eigenvalue weighted by atomic mass is 9.93. The molecule has 0 saturated carbocycles. The van der Waals surface area contributed by atoms with Crippen LogP contribution in [0.1, 0.15) is 41.6 Å². The molecule has 2 nitrogen and oxygen atoms in total. The Balaban J connectivity index is 1.59. The van der Waals surface area contributed by atoms with Gasteiger partial charge in [-0.3, -0.25) is 0 Å². The van der Waals surface area contributed by atoms with Gasteiger partial charge in [0.2, 0.25) is 0 Å². The van der Waals surface area contributed by atoms with Crippen LogP contribution in [0.5, 0.6) is 5.75 Å². The average Bonchev–Trinajstić information content (AvgIpc) is 2.85. The van der Waals surface area contributed by atoms with E-state index in [0.29, 0.717) is 6.61 Å². The van der Waals surface area contributed by atoms with Gasteiger partial charge < -0.3 is 10.1 Å². The zero-order valence-electron chi connectivity index (χ0n) is 15.5. The van der Waals surface area contributed by atoms with Crippen LogP contribution >= 0.6 is 0 Å². The monoisotopic (exact) mass is 361 g/mol. The minimum absolute atomic E-state index is 0.0832. The molecule has 1 N–H and O–H groups in total. The van der Waals surface area contributed by atoms with Gasteiger partial charge in [-0.25, -0.2) is 4.39 Å². The minimum atomic E-state index is -0.236. The van der Waals surface area contributed by atoms with Gasteiger partial charge in [0.05, 0.1) is 6.04 Å². The maximum absolute atomic E-state index is 14.0. The molecule has 1 aliphatic heterocycles. The quantitative estimate of drug-likeness (QED) is 0.655. The molecule has 0 spiro atoms. The van der Waals surface area contributed by atoms with Crippen molar-refractivity contribution in [1.82, 2.24) is 5.32 Å². The first kappa shape index (κ1) is 17.7. The van der Waals surface area contributed by atoms with E-state index in [-0.39, 0.29) is 17.9 Å². The fourth-order valence-electron chi connectivity index (χ4n) is 3.72. The maximum atomic E-state index is 14.0. The van der Waals surface area contributed by atoms with Crippen LogP contribution < -0.4 is 10.1 Å². The van der Waals surface area contributed by atoms with Crippen molar-refractivity contribution in [3.63, 3.8) is 0 Å². The lowest BCUT2D eigenvalue weighted by molar-refractivity contribution is 0.306. The second-order valence-electron chi connectivity index (χ2n) is 7.19. The highest BCUT2D eigenvalue weighted by molar-refractivity contribution is 5.46. The lowest BCUT2D eigenvalue weighted by Gasteiger charge is -2.25. The van der Waals surface area contributed by atoms with Gasteiger partial charge in [-0.05, 0) is 54.7 Å². The fraction of sp³-hybridized carbons (Fsp3) is 0.250. The van der Waals surface area contributed by atoms with Gasteiger partial charge in [0.1, 0.15) is 18.2 Å². The molecule has 0 aliphatic carbocycles. The van der Waals surface area contributed by atoms with Crippen LogP contribution in [0.3, 0.4) is 0 Å². The maximum Gasteiger partial charge on any atom is 0.125 e. The predicted octanol–water partition coefficient (Wildman–Crippen LogP) is 5.42. The summed E-state index contributed by atoms with van der Waals surface area (Å²) in [6.45, 7) is 2.70. The summed E-state index contributed by atoms with van der Waals surface area (Å²) in [4.78, 5) is 0. The number of aryl methyl sites for hydroxylation is 1. The Morgan fingerprint density at radius 3 is 2.63 bits per heavy atom. The molecule has 1 aliphatic rings. The molecule has 2 unspecified atom stereocenters. The number of fused-ring (bicyclic) bond motifs is 2. The van der Waals surface area contributed by atoms with Crippen molar-refractivity contribution in [3.8, 4) is 5.75 Å². The number of ether oxygens (including phenoxy) is 1. The van der Waals surface area contributed by atoms with Crippen molar-refractivity contribution in [1.29, 1.82) is 0 Å². The highest BCUT2D eigenvalue weighted by Gasteiger charge is 2.26. The SMILES string of the molecule is CC(CCc1ccccc1)NC1c2ccccc2COc2ccc(F)cc21. The number of hydrogen-bond donors (Lipinski definition) is 1. The van der Waals surface area contributed by atoms with E-state index >= 15 is 0 Å². The van der Waals surface area contributed by atoms with Gasteiger partial charge in [-0.1, -0.05) is 54.6 Å². The second-order valence-corrected chi connectivity index (χ2v) is 7.19. The van der Waals surface area contributed by atoms with Crippen LogP contribution in [-0.4, -0.2) is 6.04 Å². The van der Waals surface area contributed by atoms with E-state index in [1.165, 1.54) is 11.6 Å². The van der Waals surface area contributed by atoms with E-state index in [0.717, 1.165) is 35.3 Å².